The summed E-state index contributed by atoms with van der Waals surface area (Å²) >= 11 is 0. The summed E-state index contributed by atoms with van der Waals surface area (Å²) in [6.07, 6.45) is 0. The maximum Gasteiger partial charge on any atom is 0.338 e. The van der Waals surface area contributed by atoms with E-state index in [0.29, 0.717) is 11.3 Å². The van der Waals surface area contributed by atoms with Crippen LogP contribution in [0.5, 0.6) is 0 Å². The van der Waals surface area contributed by atoms with Gasteiger partial charge in [0, 0.05) is 16.5 Å². The van der Waals surface area contributed by atoms with Gasteiger partial charge < -0.3 is 9.30 Å². The Bertz CT molecular complexity index is 1220. The number of ether oxygens (including phenoxy) is 1. The predicted octanol–water partition coefficient (Wildman–Crippen LogP) is 4.58. The Morgan fingerprint density at radius 2 is 1.85 bits per heavy atom. The van der Waals surface area contributed by atoms with Gasteiger partial charge in [-0.05, 0) is 36.4 Å². The number of methoxy groups -OCH3 is 1. The maximum atomic E-state index is 14.2. The van der Waals surface area contributed by atoms with E-state index in [1.807, 2.05) is 41.0 Å². The highest BCUT2D eigenvalue weighted by Crippen LogP contribution is 2.34. The molecule has 0 spiro atoms. The molecule has 4 aromatic rings. The van der Waals surface area contributed by atoms with Crippen molar-refractivity contribution < 1.29 is 13.9 Å². The first-order chi connectivity index (χ1) is 12.7. The standard InChI is InChI=1S/C21H13FN2O2/c1-26-21(25)16-6-4-8-19-20(16)15-5-2-3-7-18(15)24(19)14-10-9-13(12-23)17(22)11-14/h2-11H,1H3. The van der Waals surface area contributed by atoms with Gasteiger partial charge in [-0.25, -0.2) is 9.18 Å². The zero-order valence-corrected chi connectivity index (χ0v) is 13.9. The Hall–Kier alpha value is -3.65. The molecule has 126 valence electrons. The fourth-order valence-electron chi connectivity index (χ4n) is 3.31. The number of hydrogen-bond acceptors (Lipinski definition) is 3. The first-order valence-electron chi connectivity index (χ1n) is 7.96. The number of nitrogens with zero attached hydrogens (tertiary/aromatic N) is 2. The molecule has 0 aliphatic heterocycles. The molecule has 0 saturated heterocycles. The van der Waals surface area contributed by atoms with Crippen LogP contribution in [0.1, 0.15) is 15.9 Å². The van der Waals surface area contributed by atoms with Gasteiger partial charge in [-0.15, -0.1) is 0 Å². The van der Waals surface area contributed by atoms with E-state index < -0.39 is 11.8 Å². The van der Waals surface area contributed by atoms with E-state index in [4.69, 9.17) is 10.00 Å². The average Bonchev–Trinajstić information content (AvgIpc) is 3.01. The molecule has 4 nitrogen and oxygen atoms in total. The number of aromatic nitrogens is 1. The lowest BCUT2D eigenvalue weighted by Crippen LogP contribution is -2.02. The number of halogens is 1. The van der Waals surface area contributed by atoms with Gasteiger partial charge in [-0.2, -0.15) is 5.26 Å². The third-order valence-electron chi connectivity index (χ3n) is 4.43. The van der Waals surface area contributed by atoms with Crippen LogP contribution in [0.25, 0.3) is 27.5 Å². The minimum atomic E-state index is -0.583. The van der Waals surface area contributed by atoms with E-state index in [-0.39, 0.29) is 5.56 Å². The Kier molecular flexibility index (Phi) is 3.67. The Morgan fingerprint density at radius 3 is 2.58 bits per heavy atom. The van der Waals surface area contributed by atoms with Crippen molar-refractivity contribution in [2.45, 2.75) is 0 Å². The minimum absolute atomic E-state index is 0.00947. The van der Waals surface area contributed by atoms with Crippen molar-refractivity contribution in [3.05, 3.63) is 77.6 Å². The van der Waals surface area contributed by atoms with Gasteiger partial charge in [0.2, 0.25) is 0 Å². The highest BCUT2D eigenvalue weighted by molar-refractivity contribution is 6.17. The molecule has 0 aliphatic carbocycles. The van der Waals surface area contributed by atoms with Crippen molar-refractivity contribution in [1.82, 2.24) is 4.57 Å². The first-order valence-corrected chi connectivity index (χ1v) is 7.96. The largest absolute Gasteiger partial charge is 0.465 e. The summed E-state index contributed by atoms with van der Waals surface area (Å²) in [6.45, 7) is 0. The lowest BCUT2D eigenvalue weighted by molar-refractivity contribution is 0.0603. The van der Waals surface area contributed by atoms with Crippen molar-refractivity contribution in [3.63, 3.8) is 0 Å². The van der Waals surface area contributed by atoms with Gasteiger partial charge in [0.25, 0.3) is 0 Å². The van der Waals surface area contributed by atoms with E-state index >= 15 is 0 Å². The lowest BCUT2D eigenvalue weighted by atomic mass is 10.1. The molecule has 0 fully saturated rings. The molecule has 1 aromatic heterocycles. The van der Waals surface area contributed by atoms with Crippen LogP contribution in [0.4, 0.5) is 4.39 Å². The number of carbonyl (C=O) groups excluding carboxylic acids is 1. The second kappa shape index (κ2) is 6.01. The van der Waals surface area contributed by atoms with Gasteiger partial charge in [0.05, 0.1) is 29.3 Å². The molecule has 0 unspecified atom stereocenters. The molecule has 0 aliphatic rings. The third-order valence-corrected chi connectivity index (χ3v) is 4.43. The first kappa shape index (κ1) is 15.9. The van der Waals surface area contributed by atoms with Crippen LogP contribution < -0.4 is 0 Å². The van der Waals surface area contributed by atoms with Crippen LogP contribution in [0, 0.1) is 17.1 Å². The average molecular weight is 344 g/mol. The van der Waals surface area contributed by atoms with Gasteiger partial charge in [0.1, 0.15) is 11.9 Å². The molecule has 3 aromatic carbocycles. The zero-order valence-electron chi connectivity index (χ0n) is 13.9. The van der Waals surface area contributed by atoms with Crippen molar-refractivity contribution >= 4 is 27.8 Å². The molecular formula is C21H13FN2O2. The van der Waals surface area contributed by atoms with Crippen LogP contribution in [0.15, 0.2) is 60.7 Å². The quantitative estimate of drug-likeness (QED) is 0.500. The summed E-state index contributed by atoms with van der Waals surface area (Å²) in [7, 11) is 1.34. The number of hydrogen-bond donors (Lipinski definition) is 0. The predicted molar refractivity (Wildman–Crippen MR) is 96.8 cm³/mol. The molecule has 0 bridgehead atoms. The number of fused-ring (bicyclic) bond motifs is 3. The topological polar surface area (TPSA) is 55.0 Å². The number of rotatable bonds is 2. The Labute approximate surface area is 148 Å². The molecule has 1 heterocycles. The van der Waals surface area contributed by atoms with E-state index in [1.54, 1.807) is 18.2 Å². The van der Waals surface area contributed by atoms with Crippen LogP contribution >= 0.6 is 0 Å². The number of benzene rings is 3. The number of carbonyl (C=O) groups is 1. The van der Waals surface area contributed by atoms with Crippen LogP contribution in [-0.4, -0.2) is 17.6 Å². The highest BCUT2D eigenvalue weighted by atomic mass is 19.1. The molecular weight excluding hydrogens is 331 g/mol. The maximum absolute atomic E-state index is 14.2. The molecule has 0 radical (unpaired) electrons. The second-order valence-electron chi connectivity index (χ2n) is 5.82. The molecule has 0 atom stereocenters. The van der Waals surface area contributed by atoms with E-state index in [2.05, 4.69) is 0 Å². The van der Waals surface area contributed by atoms with Gasteiger partial charge >= 0.3 is 5.97 Å². The van der Waals surface area contributed by atoms with Crippen LogP contribution in [0.3, 0.4) is 0 Å². The summed E-state index contributed by atoms with van der Waals surface area (Å²) in [6, 6.07) is 19.3. The molecule has 5 heteroatoms. The van der Waals surface area contributed by atoms with Crippen molar-refractivity contribution in [2.75, 3.05) is 7.11 Å². The molecule has 0 amide bonds. The minimum Gasteiger partial charge on any atom is -0.465 e. The number of nitriles is 1. The van der Waals surface area contributed by atoms with Crippen molar-refractivity contribution in [2.24, 2.45) is 0 Å². The third kappa shape index (κ3) is 2.24. The summed E-state index contributed by atoms with van der Waals surface area (Å²) in [4.78, 5) is 12.2. The van der Waals surface area contributed by atoms with Gasteiger partial charge in [-0.3, -0.25) is 0 Å². The fourth-order valence-corrected chi connectivity index (χ4v) is 3.31. The summed E-state index contributed by atoms with van der Waals surface area (Å²) in [5.74, 6) is -1.01. The summed E-state index contributed by atoms with van der Waals surface area (Å²) in [5, 5.41) is 10.6. The lowest BCUT2D eigenvalue weighted by Gasteiger charge is -2.09. The highest BCUT2D eigenvalue weighted by Gasteiger charge is 2.19. The van der Waals surface area contributed by atoms with Gasteiger partial charge in [0.15, 0.2) is 0 Å². The van der Waals surface area contributed by atoms with Gasteiger partial charge in [-0.1, -0.05) is 24.3 Å². The van der Waals surface area contributed by atoms with E-state index in [1.165, 1.54) is 19.2 Å². The van der Waals surface area contributed by atoms with Crippen LogP contribution in [-0.2, 0) is 4.74 Å². The molecule has 0 N–H and O–H groups in total. The SMILES string of the molecule is COC(=O)c1cccc2c1c1ccccc1n2-c1ccc(C#N)c(F)c1. The second-order valence-corrected chi connectivity index (χ2v) is 5.82. The Balaban J connectivity index is 2.14. The van der Waals surface area contributed by atoms with Crippen molar-refractivity contribution in [1.29, 1.82) is 5.26 Å². The zero-order chi connectivity index (χ0) is 18.3. The summed E-state index contributed by atoms with van der Waals surface area (Å²) in [5.41, 5.74) is 2.62. The van der Waals surface area contributed by atoms with E-state index in [0.717, 1.165) is 21.8 Å². The van der Waals surface area contributed by atoms with Crippen molar-refractivity contribution in [3.8, 4) is 11.8 Å². The monoisotopic (exact) mass is 344 g/mol. The molecule has 0 saturated carbocycles. The smallest absolute Gasteiger partial charge is 0.338 e. The number of esters is 1. The van der Waals surface area contributed by atoms with E-state index in [9.17, 15) is 9.18 Å². The fraction of sp³-hybridized carbons (Fsp3) is 0.0476. The normalized spacial score (nSPS) is 10.8. The molecule has 26 heavy (non-hydrogen) atoms. The molecule has 4 rings (SSSR count). The Morgan fingerprint density at radius 1 is 1.08 bits per heavy atom. The van der Waals surface area contributed by atoms with Crippen LogP contribution in [0.2, 0.25) is 0 Å². The summed E-state index contributed by atoms with van der Waals surface area (Å²) < 4.78 is 21.0. The number of para-hydroxylation sites is 1.